The molecule has 0 radical (unpaired) electrons. The van der Waals surface area contributed by atoms with Gasteiger partial charge in [-0.25, -0.2) is 13.1 Å². The second-order valence-corrected chi connectivity index (χ2v) is 12.6. The lowest BCUT2D eigenvalue weighted by Gasteiger charge is -2.38. The summed E-state index contributed by atoms with van der Waals surface area (Å²) in [6.45, 7) is 10.7. The molecule has 3 aromatic carbocycles. The largest absolute Gasteiger partial charge is 0.416 e. The van der Waals surface area contributed by atoms with Crippen molar-refractivity contribution in [3.05, 3.63) is 131 Å². The van der Waals surface area contributed by atoms with Crippen LogP contribution >= 0.6 is 0 Å². The summed E-state index contributed by atoms with van der Waals surface area (Å²) < 4.78 is 69.1. The quantitative estimate of drug-likeness (QED) is 0.211. The van der Waals surface area contributed by atoms with E-state index in [1.165, 1.54) is 17.0 Å². The minimum Gasteiger partial charge on any atom is -0.339 e. The normalized spacial score (nSPS) is 16.4. The van der Waals surface area contributed by atoms with Gasteiger partial charge in [-0.3, -0.25) is 18.8 Å². The maximum atomic E-state index is 14.4. The molecule has 1 aliphatic heterocycles. The molecule has 0 unspecified atom stereocenters. The van der Waals surface area contributed by atoms with E-state index in [0.29, 0.717) is 28.3 Å². The number of fused-ring (bicyclic) bond motifs is 1. The number of nitrogens with one attached hydrogen (secondary N) is 1. The van der Waals surface area contributed by atoms with Crippen LogP contribution in [0.25, 0.3) is 5.69 Å². The standard InChI is InChI=1S/C34H32F3N5O4S/c1-5-19-41(47(45,46)7-3)27-18-12-13-23(21-27)29-28-22(4)39-42(26-16-9-8-10-17-26)32(28)40(6-2)33(44)30(29)38-31(43)24-14-11-15-25(20-24)34(35,36)37/h5,7-18,20-21,29-30H,1,3,6,19H2,2,4H3,(H,38,43)/t29-,30+/m0/s1. The second kappa shape index (κ2) is 12.9. The molecule has 5 rings (SSSR count). The van der Waals surface area contributed by atoms with Crippen LogP contribution in [0.4, 0.5) is 24.7 Å². The molecule has 4 aromatic rings. The molecule has 13 heteroatoms. The zero-order chi connectivity index (χ0) is 34.1. The van der Waals surface area contributed by atoms with Crippen LogP contribution in [0.3, 0.4) is 0 Å². The molecule has 9 nitrogen and oxygen atoms in total. The van der Waals surface area contributed by atoms with Gasteiger partial charge < -0.3 is 5.32 Å². The minimum absolute atomic E-state index is 0.0725. The van der Waals surface area contributed by atoms with Crippen molar-refractivity contribution in [1.29, 1.82) is 0 Å². The van der Waals surface area contributed by atoms with Crippen LogP contribution in [0.1, 0.15) is 45.6 Å². The number of aryl methyl sites for hydroxylation is 1. The van der Waals surface area contributed by atoms with Gasteiger partial charge in [0.2, 0.25) is 0 Å². The number of alkyl halides is 3. The third kappa shape index (κ3) is 6.30. The monoisotopic (exact) mass is 663 g/mol. The van der Waals surface area contributed by atoms with Crippen molar-refractivity contribution < 1.29 is 31.2 Å². The van der Waals surface area contributed by atoms with Crippen LogP contribution in [0.15, 0.2) is 104 Å². The third-order valence-electron chi connectivity index (χ3n) is 7.90. The molecule has 0 bridgehead atoms. The average molecular weight is 664 g/mol. The van der Waals surface area contributed by atoms with E-state index in [-0.39, 0.29) is 24.3 Å². The van der Waals surface area contributed by atoms with Gasteiger partial charge in [0, 0.05) is 29.0 Å². The number of rotatable bonds is 10. The topological polar surface area (TPSA) is 105 Å². The lowest BCUT2D eigenvalue weighted by atomic mass is 9.81. The van der Waals surface area contributed by atoms with Gasteiger partial charge in [0.25, 0.3) is 21.8 Å². The molecule has 1 aliphatic rings. The fraction of sp³-hybridized carbons (Fsp3) is 0.206. The molecule has 0 saturated carbocycles. The van der Waals surface area contributed by atoms with Crippen molar-refractivity contribution in [2.45, 2.75) is 32.0 Å². The van der Waals surface area contributed by atoms with E-state index in [1.54, 1.807) is 42.8 Å². The Kier molecular flexibility index (Phi) is 9.12. The number of halogens is 3. The Bertz CT molecular complexity index is 1960. The molecule has 0 spiro atoms. The Morgan fingerprint density at radius 2 is 1.74 bits per heavy atom. The van der Waals surface area contributed by atoms with Gasteiger partial charge in [-0.1, -0.05) is 49.1 Å². The fourth-order valence-electron chi connectivity index (χ4n) is 5.79. The molecular formula is C34H32F3N5O4S. The molecular weight excluding hydrogens is 631 g/mol. The SMILES string of the molecule is C=CCN(c1cccc([C@H]2c3c(C)nn(-c4ccccc4)c3N(CC)C(=O)[C@@H]2NC(=O)c2cccc(C(F)(F)F)c2)c1)S(=O)(=O)C=C. The summed E-state index contributed by atoms with van der Waals surface area (Å²) in [5.41, 5.74) is 1.23. The van der Waals surface area contributed by atoms with Crippen LogP contribution in [0.2, 0.25) is 0 Å². The van der Waals surface area contributed by atoms with E-state index in [4.69, 9.17) is 5.10 Å². The first-order valence-electron chi connectivity index (χ1n) is 14.6. The summed E-state index contributed by atoms with van der Waals surface area (Å²) in [6.07, 6.45) is -3.26. The number of carbonyl (C=O) groups is 2. The first-order chi connectivity index (χ1) is 22.3. The van der Waals surface area contributed by atoms with Crippen LogP contribution in [-0.2, 0) is 21.0 Å². The summed E-state index contributed by atoms with van der Waals surface area (Å²) >= 11 is 0. The number of nitrogens with zero attached hydrogens (tertiary/aromatic N) is 4. The average Bonchev–Trinajstić information content (AvgIpc) is 3.40. The molecule has 0 aliphatic carbocycles. The Morgan fingerprint density at radius 1 is 1.04 bits per heavy atom. The highest BCUT2D eigenvalue weighted by Crippen LogP contribution is 2.44. The molecule has 2 atom stereocenters. The van der Waals surface area contributed by atoms with E-state index in [2.05, 4.69) is 18.5 Å². The summed E-state index contributed by atoms with van der Waals surface area (Å²) in [7, 11) is -3.96. The number of benzene rings is 3. The van der Waals surface area contributed by atoms with E-state index < -0.39 is 45.5 Å². The number of carbonyl (C=O) groups excluding carboxylic acids is 2. The second-order valence-electron chi connectivity index (χ2n) is 10.8. The Labute approximate surface area is 270 Å². The molecule has 0 saturated heterocycles. The van der Waals surface area contributed by atoms with E-state index in [0.717, 1.165) is 27.9 Å². The van der Waals surface area contributed by atoms with Crippen molar-refractivity contribution in [3.63, 3.8) is 0 Å². The highest BCUT2D eigenvalue weighted by Gasteiger charge is 2.46. The number of para-hydroxylation sites is 1. The summed E-state index contributed by atoms with van der Waals surface area (Å²) in [6, 6.07) is 18.3. The number of hydrogen-bond donors (Lipinski definition) is 1. The maximum absolute atomic E-state index is 14.4. The van der Waals surface area contributed by atoms with Crippen molar-refractivity contribution in [2.75, 3.05) is 22.3 Å². The van der Waals surface area contributed by atoms with E-state index in [9.17, 15) is 31.2 Å². The minimum atomic E-state index is -4.68. The van der Waals surface area contributed by atoms with Gasteiger partial charge >= 0.3 is 6.18 Å². The van der Waals surface area contributed by atoms with Gasteiger partial charge in [0.05, 0.1) is 29.2 Å². The van der Waals surface area contributed by atoms with Crippen molar-refractivity contribution in [1.82, 2.24) is 15.1 Å². The van der Waals surface area contributed by atoms with Gasteiger partial charge in [0.15, 0.2) is 0 Å². The summed E-state index contributed by atoms with van der Waals surface area (Å²) in [5, 5.41) is 8.30. The molecule has 0 fully saturated rings. The Hall–Kier alpha value is -5.17. The van der Waals surface area contributed by atoms with Crippen LogP contribution < -0.4 is 14.5 Å². The van der Waals surface area contributed by atoms with Crippen molar-refractivity contribution in [2.24, 2.45) is 0 Å². The predicted octanol–water partition coefficient (Wildman–Crippen LogP) is 5.96. The number of sulfonamides is 1. The first-order valence-corrected chi connectivity index (χ1v) is 16.1. The van der Waals surface area contributed by atoms with Gasteiger partial charge in [-0.2, -0.15) is 18.3 Å². The number of hydrogen-bond acceptors (Lipinski definition) is 5. The zero-order valence-electron chi connectivity index (χ0n) is 25.6. The number of likely N-dealkylation sites (N-methyl/N-ethyl adjacent to an activating group) is 1. The van der Waals surface area contributed by atoms with Crippen LogP contribution in [-0.4, -0.2) is 49.1 Å². The molecule has 47 heavy (non-hydrogen) atoms. The lowest BCUT2D eigenvalue weighted by Crippen LogP contribution is -2.55. The molecule has 2 heterocycles. The maximum Gasteiger partial charge on any atom is 0.416 e. The van der Waals surface area contributed by atoms with E-state index in [1.807, 2.05) is 30.3 Å². The van der Waals surface area contributed by atoms with Crippen molar-refractivity contribution >= 4 is 33.3 Å². The van der Waals surface area contributed by atoms with Gasteiger partial charge in [-0.05, 0) is 61.9 Å². The molecule has 1 N–H and O–H groups in total. The zero-order valence-corrected chi connectivity index (χ0v) is 26.4. The van der Waals surface area contributed by atoms with Crippen LogP contribution in [0, 0.1) is 6.92 Å². The lowest BCUT2D eigenvalue weighted by molar-refractivity contribution is -0.137. The summed E-state index contributed by atoms with van der Waals surface area (Å²) in [5.74, 6) is -1.85. The Morgan fingerprint density at radius 3 is 2.38 bits per heavy atom. The molecule has 2 amide bonds. The molecule has 244 valence electrons. The number of amides is 2. The van der Waals surface area contributed by atoms with Crippen molar-refractivity contribution in [3.8, 4) is 5.69 Å². The highest BCUT2D eigenvalue weighted by atomic mass is 32.2. The van der Waals surface area contributed by atoms with E-state index >= 15 is 0 Å². The first kappa shape index (κ1) is 33.2. The number of anilines is 2. The smallest absolute Gasteiger partial charge is 0.339 e. The van der Waals surface area contributed by atoms with Crippen LogP contribution in [0.5, 0.6) is 0 Å². The third-order valence-corrected chi connectivity index (χ3v) is 9.29. The van der Waals surface area contributed by atoms with Gasteiger partial charge in [-0.15, -0.1) is 6.58 Å². The summed E-state index contributed by atoms with van der Waals surface area (Å²) in [4.78, 5) is 29.4. The highest BCUT2D eigenvalue weighted by molar-refractivity contribution is 7.95. The fourth-order valence-corrected chi connectivity index (χ4v) is 6.69. The predicted molar refractivity (Wildman–Crippen MR) is 174 cm³/mol. The number of aromatic nitrogens is 2. The Balaban J connectivity index is 1.71. The van der Waals surface area contributed by atoms with Gasteiger partial charge in [0.1, 0.15) is 11.9 Å². The molecule has 1 aromatic heterocycles.